The number of carboxylic acids is 1. The first-order valence-corrected chi connectivity index (χ1v) is 5.71. The Hall–Kier alpha value is -1.43. The molecule has 1 N–H and O–H groups in total. The van der Waals surface area contributed by atoms with Crippen molar-refractivity contribution in [1.29, 1.82) is 0 Å². The van der Waals surface area contributed by atoms with Gasteiger partial charge in [-0.3, -0.25) is 4.79 Å². The number of rotatable bonds is 4. The van der Waals surface area contributed by atoms with Crippen molar-refractivity contribution in [2.45, 2.75) is 19.5 Å². The Labute approximate surface area is 112 Å². The molecule has 0 saturated heterocycles. The van der Waals surface area contributed by atoms with Crippen molar-refractivity contribution in [3.8, 4) is 5.75 Å². The van der Waals surface area contributed by atoms with Crippen molar-refractivity contribution in [2.75, 3.05) is 7.11 Å². The number of benzene rings is 1. The third kappa shape index (κ3) is 3.76. The zero-order chi connectivity index (χ0) is 14.8. The van der Waals surface area contributed by atoms with Gasteiger partial charge in [0, 0.05) is 5.02 Å². The molecule has 19 heavy (non-hydrogen) atoms. The molecule has 0 aromatic heterocycles. The molecule has 0 aliphatic carbocycles. The number of halogens is 4. The lowest BCUT2D eigenvalue weighted by Gasteiger charge is -2.17. The highest BCUT2D eigenvalue weighted by molar-refractivity contribution is 6.30. The van der Waals surface area contributed by atoms with Crippen LogP contribution in [-0.2, 0) is 17.4 Å². The Morgan fingerprint density at radius 1 is 1.47 bits per heavy atom. The molecule has 0 aliphatic rings. The van der Waals surface area contributed by atoms with Crippen LogP contribution in [-0.4, -0.2) is 18.2 Å². The molecule has 1 aromatic rings. The van der Waals surface area contributed by atoms with Gasteiger partial charge < -0.3 is 9.84 Å². The summed E-state index contributed by atoms with van der Waals surface area (Å²) in [6, 6.07) is 2.05. The second kappa shape index (κ2) is 5.69. The van der Waals surface area contributed by atoms with Crippen LogP contribution in [0.3, 0.4) is 0 Å². The first-order valence-electron chi connectivity index (χ1n) is 5.33. The molecular weight excluding hydrogens is 285 g/mol. The smallest absolute Gasteiger partial charge is 0.420 e. The van der Waals surface area contributed by atoms with E-state index in [0.29, 0.717) is 0 Å². The molecule has 106 valence electrons. The van der Waals surface area contributed by atoms with Gasteiger partial charge in [-0.25, -0.2) is 0 Å². The minimum Gasteiger partial charge on any atom is -0.496 e. The molecule has 1 unspecified atom stereocenters. The Morgan fingerprint density at radius 2 is 2.05 bits per heavy atom. The highest BCUT2D eigenvalue weighted by Gasteiger charge is 2.36. The molecule has 1 atom stereocenters. The van der Waals surface area contributed by atoms with Gasteiger partial charge in [0.25, 0.3) is 0 Å². The van der Waals surface area contributed by atoms with Crippen molar-refractivity contribution in [1.82, 2.24) is 0 Å². The zero-order valence-corrected chi connectivity index (χ0v) is 11.0. The highest BCUT2D eigenvalue weighted by Crippen LogP contribution is 2.40. The second-order valence-corrected chi connectivity index (χ2v) is 4.52. The summed E-state index contributed by atoms with van der Waals surface area (Å²) in [6.07, 6.45) is -4.71. The summed E-state index contributed by atoms with van der Waals surface area (Å²) in [5, 5.41) is 8.70. The standard InChI is InChI=1S/C12H12ClF3O3/c1-6(11(17)18)3-7-4-8(13)5-9(10(7)19-2)12(14,15)16/h4-6H,3H2,1-2H3,(H,17,18). The van der Waals surface area contributed by atoms with Crippen LogP contribution in [0.4, 0.5) is 13.2 Å². The summed E-state index contributed by atoms with van der Waals surface area (Å²) in [7, 11) is 1.10. The summed E-state index contributed by atoms with van der Waals surface area (Å²) in [4.78, 5) is 10.8. The Morgan fingerprint density at radius 3 is 2.47 bits per heavy atom. The normalized spacial score (nSPS) is 13.2. The molecule has 0 aliphatic heterocycles. The minimum atomic E-state index is -4.61. The number of carboxylic acid groups (broad SMARTS) is 1. The lowest BCUT2D eigenvalue weighted by atomic mass is 9.98. The van der Waals surface area contributed by atoms with Crippen LogP contribution in [0.5, 0.6) is 5.75 Å². The van der Waals surface area contributed by atoms with Crippen LogP contribution >= 0.6 is 11.6 Å². The van der Waals surface area contributed by atoms with Gasteiger partial charge in [-0.2, -0.15) is 13.2 Å². The molecule has 0 saturated carbocycles. The van der Waals surface area contributed by atoms with E-state index < -0.39 is 23.6 Å². The molecule has 0 heterocycles. The predicted molar refractivity (Wildman–Crippen MR) is 63.5 cm³/mol. The van der Waals surface area contributed by atoms with E-state index >= 15 is 0 Å². The number of aliphatic carboxylic acids is 1. The van der Waals surface area contributed by atoms with Crippen LogP contribution in [0, 0.1) is 5.92 Å². The first kappa shape index (κ1) is 15.6. The summed E-state index contributed by atoms with van der Waals surface area (Å²) < 4.78 is 43.3. The molecular formula is C12H12ClF3O3. The van der Waals surface area contributed by atoms with Crippen LogP contribution < -0.4 is 4.74 Å². The summed E-state index contributed by atoms with van der Waals surface area (Å²) in [6.45, 7) is 1.40. The van der Waals surface area contributed by atoms with Crippen molar-refractivity contribution in [3.05, 3.63) is 28.3 Å². The maximum absolute atomic E-state index is 12.8. The number of methoxy groups -OCH3 is 1. The predicted octanol–water partition coefficient (Wildman–Crippen LogP) is 3.63. The second-order valence-electron chi connectivity index (χ2n) is 4.09. The van der Waals surface area contributed by atoms with Gasteiger partial charge in [-0.05, 0) is 24.1 Å². The van der Waals surface area contributed by atoms with Crippen molar-refractivity contribution in [3.63, 3.8) is 0 Å². The number of hydrogen-bond donors (Lipinski definition) is 1. The van der Waals surface area contributed by atoms with Crippen LogP contribution in [0.15, 0.2) is 12.1 Å². The fourth-order valence-corrected chi connectivity index (χ4v) is 1.91. The monoisotopic (exact) mass is 296 g/mol. The van der Waals surface area contributed by atoms with E-state index in [2.05, 4.69) is 0 Å². The van der Waals surface area contributed by atoms with E-state index in [1.165, 1.54) is 13.0 Å². The number of alkyl halides is 3. The van der Waals surface area contributed by atoms with Crippen LogP contribution in [0.2, 0.25) is 5.02 Å². The van der Waals surface area contributed by atoms with Gasteiger partial charge in [0.15, 0.2) is 0 Å². The van der Waals surface area contributed by atoms with Gasteiger partial charge >= 0.3 is 12.1 Å². The third-order valence-corrected chi connectivity index (χ3v) is 2.81. The lowest BCUT2D eigenvalue weighted by Crippen LogP contribution is -2.15. The summed E-state index contributed by atoms with van der Waals surface area (Å²) in [5.74, 6) is -2.32. The van der Waals surface area contributed by atoms with E-state index in [4.69, 9.17) is 21.4 Å². The molecule has 7 heteroatoms. The third-order valence-electron chi connectivity index (χ3n) is 2.59. The highest BCUT2D eigenvalue weighted by atomic mass is 35.5. The molecule has 0 fully saturated rings. The zero-order valence-electron chi connectivity index (χ0n) is 10.2. The van der Waals surface area contributed by atoms with Crippen molar-refractivity contribution >= 4 is 17.6 Å². The average molecular weight is 297 g/mol. The van der Waals surface area contributed by atoms with Crippen molar-refractivity contribution < 1.29 is 27.8 Å². The fourth-order valence-electron chi connectivity index (χ4n) is 1.67. The minimum absolute atomic E-state index is 0.0951. The van der Waals surface area contributed by atoms with Gasteiger partial charge in [0.1, 0.15) is 5.75 Å². The Kier molecular flexibility index (Phi) is 4.68. The van der Waals surface area contributed by atoms with E-state index in [1.54, 1.807) is 0 Å². The molecule has 1 rings (SSSR count). The van der Waals surface area contributed by atoms with Gasteiger partial charge in [0.2, 0.25) is 0 Å². The number of carbonyl (C=O) groups is 1. The maximum atomic E-state index is 12.8. The number of hydrogen-bond acceptors (Lipinski definition) is 2. The summed E-state index contributed by atoms with van der Waals surface area (Å²) in [5.41, 5.74) is -0.882. The molecule has 1 aromatic carbocycles. The fraction of sp³-hybridized carbons (Fsp3) is 0.417. The Balaban J connectivity index is 3.31. The van der Waals surface area contributed by atoms with E-state index in [9.17, 15) is 18.0 Å². The van der Waals surface area contributed by atoms with Crippen molar-refractivity contribution in [2.24, 2.45) is 5.92 Å². The molecule has 3 nitrogen and oxygen atoms in total. The SMILES string of the molecule is COc1c(CC(C)C(=O)O)cc(Cl)cc1C(F)(F)F. The topological polar surface area (TPSA) is 46.5 Å². The Bertz CT molecular complexity index is 486. The quantitative estimate of drug-likeness (QED) is 0.923. The van der Waals surface area contributed by atoms with Gasteiger partial charge in [0.05, 0.1) is 18.6 Å². The lowest BCUT2D eigenvalue weighted by molar-refractivity contribution is -0.141. The van der Waals surface area contributed by atoms with E-state index in [0.717, 1.165) is 13.2 Å². The largest absolute Gasteiger partial charge is 0.496 e. The van der Waals surface area contributed by atoms with Gasteiger partial charge in [-0.15, -0.1) is 0 Å². The van der Waals surface area contributed by atoms with E-state index in [1.807, 2.05) is 0 Å². The van der Waals surface area contributed by atoms with Gasteiger partial charge in [-0.1, -0.05) is 18.5 Å². The summed E-state index contributed by atoms with van der Waals surface area (Å²) >= 11 is 5.65. The molecule has 0 amide bonds. The van der Waals surface area contributed by atoms with Crippen LogP contribution in [0.25, 0.3) is 0 Å². The molecule has 0 spiro atoms. The maximum Gasteiger partial charge on any atom is 0.420 e. The molecule has 0 bridgehead atoms. The first-order chi connectivity index (χ1) is 8.66. The van der Waals surface area contributed by atoms with E-state index in [-0.39, 0.29) is 22.8 Å². The van der Waals surface area contributed by atoms with Crippen LogP contribution in [0.1, 0.15) is 18.1 Å². The molecule has 0 radical (unpaired) electrons. The number of ether oxygens (including phenoxy) is 1. The average Bonchev–Trinajstić information content (AvgIpc) is 2.26.